The first kappa shape index (κ1) is 14.4. The summed E-state index contributed by atoms with van der Waals surface area (Å²) in [5.74, 6) is -1.04. The Hall–Kier alpha value is -2.96. The van der Waals surface area contributed by atoms with E-state index in [4.69, 9.17) is 5.73 Å². The lowest BCUT2D eigenvalue weighted by Crippen LogP contribution is -2.27. The van der Waals surface area contributed by atoms with Crippen molar-refractivity contribution in [3.8, 4) is 0 Å². The molecule has 7 heteroatoms. The van der Waals surface area contributed by atoms with Gasteiger partial charge >= 0.3 is 0 Å². The molecule has 0 heterocycles. The van der Waals surface area contributed by atoms with E-state index in [0.29, 0.717) is 5.69 Å². The molecule has 0 saturated carbocycles. The van der Waals surface area contributed by atoms with Crippen LogP contribution in [0.25, 0.3) is 0 Å². The smallest absolute Gasteiger partial charge is 0.292 e. The van der Waals surface area contributed by atoms with Gasteiger partial charge in [-0.2, -0.15) is 0 Å². The van der Waals surface area contributed by atoms with Gasteiger partial charge in [-0.3, -0.25) is 14.9 Å². The average molecular weight is 289 g/mol. The topological polar surface area (TPSA) is 89.5 Å². The van der Waals surface area contributed by atoms with Crippen molar-refractivity contribution in [2.24, 2.45) is 0 Å². The Bertz CT molecular complexity index is 718. The van der Waals surface area contributed by atoms with Crippen LogP contribution in [0.1, 0.15) is 10.4 Å². The number of benzene rings is 2. The number of anilines is 2. The van der Waals surface area contributed by atoms with Gasteiger partial charge < -0.3 is 10.6 Å². The number of hydrogen-bond donors (Lipinski definition) is 1. The highest BCUT2D eigenvalue weighted by Gasteiger charge is 2.22. The molecule has 21 heavy (non-hydrogen) atoms. The van der Waals surface area contributed by atoms with Crippen molar-refractivity contribution in [3.05, 3.63) is 64.0 Å². The van der Waals surface area contributed by atoms with E-state index in [1.165, 1.54) is 48.3 Å². The van der Waals surface area contributed by atoms with Gasteiger partial charge in [-0.25, -0.2) is 4.39 Å². The highest BCUT2D eigenvalue weighted by Crippen LogP contribution is 2.27. The minimum Gasteiger partial charge on any atom is -0.393 e. The number of carbonyl (C=O) groups excluding carboxylic acids is 1. The Morgan fingerprint density at radius 3 is 2.57 bits per heavy atom. The lowest BCUT2D eigenvalue weighted by atomic mass is 10.1. The number of para-hydroxylation sites is 1. The minimum absolute atomic E-state index is 0.00374. The third kappa shape index (κ3) is 2.81. The van der Waals surface area contributed by atoms with Crippen LogP contribution in [0.5, 0.6) is 0 Å². The molecule has 0 bridgehead atoms. The molecule has 0 spiro atoms. The second-order valence-corrected chi connectivity index (χ2v) is 4.34. The van der Waals surface area contributed by atoms with Crippen LogP contribution in [0.4, 0.5) is 21.5 Å². The summed E-state index contributed by atoms with van der Waals surface area (Å²) in [4.78, 5) is 23.7. The number of nitrogens with two attached hydrogens (primary N) is 1. The van der Waals surface area contributed by atoms with E-state index in [-0.39, 0.29) is 16.9 Å². The lowest BCUT2D eigenvalue weighted by molar-refractivity contribution is -0.383. The Morgan fingerprint density at radius 1 is 1.29 bits per heavy atom. The number of nitrogen functional groups attached to an aromatic ring is 1. The van der Waals surface area contributed by atoms with E-state index < -0.39 is 16.6 Å². The fourth-order valence-electron chi connectivity index (χ4n) is 1.88. The number of rotatable bonds is 3. The average Bonchev–Trinajstić information content (AvgIpc) is 2.45. The van der Waals surface area contributed by atoms with Crippen molar-refractivity contribution in [1.29, 1.82) is 0 Å². The van der Waals surface area contributed by atoms with Crippen LogP contribution in [-0.2, 0) is 0 Å². The molecule has 108 valence electrons. The number of carbonyl (C=O) groups is 1. The zero-order chi connectivity index (χ0) is 15.6. The molecular weight excluding hydrogens is 277 g/mol. The van der Waals surface area contributed by atoms with Crippen molar-refractivity contribution in [2.75, 3.05) is 17.7 Å². The number of nitro benzene ring substituents is 1. The van der Waals surface area contributed by atoms with E-state index >= 15 is 0 Å². The van der Waals surface area contributed by atoms with Crippen molar-refractivity contribution in [1.82, 2.24) is 0 Å². The molecule has 0 saturated heterocycles. The Kier molecular flexibility index (Phi) is 3.84. The number of halogens is 1. The zero-order valence-electron chi connectivity index (χ0n) is 11.1. The van der Waals surface area contributed by atoms with Crippen LogP contribution in [-0.4, -0.2) is 17.9 Å². The van der Waals surface area contributed by atoms with Gasteiger partial charge in [0.15, 0.2) is 0 Å². The summed E-state index contributed by atoms with van der Waals surface area (Å²) < 4.78 is 13.2. The molecule has 0 aliphatic rings. The summed E-state index contributed by atoms with van der Waals surface area (Å²) in [5, 5.41) is 10.8. The van der Waals surface area contributed by atoms with Crippen LogP contribution < -0.4 is 10.6 Å². The maximum atomic E-state index is 13.2. The van der Waals surface area contributed by atoms with Crippen molar-refractivity contribution < 1.29 is 14.1 Å². The molecule has 0 radical (unpaired) electrons. The Morgan fingerprint density at radius 2 is 1.95 bits per heavy atom. The second-order valence-electron chi connectivity index (χ2n) is 4.34. The molecule has 2 aromatic rings. The highest BCUT2D eigenvalue weighted by molar-refractivity contribution is 6.10. The van der Waals surface area contributed by atoms with Gasteiger partial charge in [-0.15, -0.1) is 0 Å². The first-order valence-corrected chi connectivity index (χ1v) is 5.98. The molecule has 0 aromatic heterocycles. The number of nitrogens with zero attached hydrogens (tertiary/aromatic N) is 2. The third-order valence-electron chi connectivity index (χ3n) is 3.01. The lowest BCUT2D eigenvalue weighted by Gasteiger charge is -2.18. The van der Waals surface area contributed by atoms with Gasteiger partial charge in [-0.1, -0.05) is 12.1 Å². The standard InChI is InChI=1S/C14H12FN3O3/c1-17(10-5-2-4-9(15)8-10)14(19)11-6-3-7-12(13(11)16)18(20)21/h2-8H,16H2,1H3. The zero-order valence-corrected chi connectivity index (χ0v) is 11.1. The molecular formula is C14H12FN3O3. The molecule has 2 aromatic carbocycles. The second kappa shape index (κ2) is 5.58. The Labute approximate surface area is 119 Å². The molecule has 2 rings (SSSR count). The molecule has 1 amide bonds. The van der Waals surface area contributed by atoms with E-state index in [1.807, 2.05) is 0 Å². The quantitative estimate of drug-likeness (QED) is 0.534. The van der Waals surface area contributed by atoms with Crippen LogP contribution >= 0.6 is 0 Å². The van der Waals surface area contributed by atoms with Crippen molar-refractivity contribution in [2.45, 2.75) is 0 Å². The fourth-order valence-corrected chi connectivity index (χ4v) is 1.88. The van der Waals surface area contributed by atoms with Gasteiger partial charge in [0.2, 0.25) is 0 Å². The number of nitro groups is 1. The summed E-state index contributed by atoms with van der Waals surface area (Å²) in [6.07, 6.45) is 0. The van der Waals surface area contributed by atoms with Crippen molar-refractivity contribution in [3.63, 3.8) is 0 Å². The highest BCUT2D eigenvalue weighted by atomic mass is 19.1. The molecule has 0 aliphatic heterocycles. The molecule has 2 N–H and O–H groups in total. The number of amides is 1. The third-order valence-corrected chi connectivity index (χ3v) is 3.01. The summed E-state index contributed by atoms with van der Waals surface area (Å²) in [6, 6.07) is 9.44. The Balaban J connectivity index is 2.41. The summed E-state index contributed by atoms with van der Waals surface area (Å²) in [6.45, 7) is 0. The maximum absolute atomic E-state index is 13.2. The normalized spacial score (nSPS) is 10.2. The predicted molar refractivity (Wildman–Crippen MR) is 76.6 cm³/mol. The van der Waals surface area contributed by atoms with Crippen LogP contribution in [0.15, 0.2) is 42.5 Å². The maximum Gasteiger partial charge on any atom is 0.292 e. The molecule has 0 unspecified atom stereocenters. The largest absolute Gasteiger partial charge is 0.393 e. The summed E-state index contributed by atoms with van der Waals surface area (Å²) in [7, 11) is 1.44. The van der Waals surface area contributed by atoms with E-state index in [1.54, 1.807) is 6.07 Å². The van der Waals surface area contributed by atoms with Crippen LogP contribution in [0.2, 0.25) is 0 Å². The van der Waals surface area contributed by atoms with Gasteiger partial charge in [-0.05, 0) is 24.3 Å². The molecule has 0 fully saturated rings. The van der Waals surface area contributed by atoms with Crippen molar-refractivity contribution >= 4 is 23.0 Å². The molecule has 6 nitrogen and oxygen atoms in total. The van der Waals surface area contributed by atoms with E-state index in [2.05, 4.69) is 0 Å². The molecule has 0 atom stereocenters. The molecule has 0 aliphatic carbocycles. The van der Waals surface area contributed by atoms with Gasteiger partial charge in [0, 0.05) is 18.8 Å². The number of hydrogen-bond acceptors (Lipinski definition) is 4. The first-order valence-electron chi connectivity index (χ1n) is 5.98. The monoisotopic (exact) mass is 289 g/mol. The van der Waals surface area contributed by atoms with Gasteiger partial charge in [0.25, 0.3) is 11.6 Å². The fraction of sp³-hybridized carbons (Fsp3) is 0.0714. The van der Waals surface area contributed by atoms with Crippen LogP contribution in [0.3, 0.4) is 0 Å². The van der Waals surface area contributed by atoms with Gasteiger partial charge in [0.05, 0.1) is 10.5 Å². The van der Waals surface area contributed by atoms with E-state index in [0.717, 1.165) is 0 Å². The summed E-state index contributed by atoms with van der Waals surface area (Å²) >= 11 is 0. The minimum atomic E-state index is -0.658. The van der Waals surface area contributed by atoms with Gasteiger partial charge in [0.1, 0.15) is 11.5 Å². The summed E-state index contributed by atoms with van der Waals surface area (Å²) in [5.41, 5.74) is 5.44. The SMILES string of the molecule is CN(C(=O)c1cccc([N+](=O)[O-])c1N)c1cccc(F)c1. The van der Waals surface area contributed by atoms with E-state index in [9.17, 15) is 19.3 Å². The first-order chi connectivity index (χ1) is 9.91. The van der Waals surface area contributed by atoms with Crippen LogP contribution in [0, 0.1) is 15.9 Å². The predicted octanol–water partition coefficient (Wildman–Crippen LogP) is 2.59.